The maximum Gasteiger partial charge on any atom is 0.247 e. The normalized spacial score (nSPS) is 14.1. The highest BCUT2D eigenvalue weighted by atomic mass is 32.1. The Morgan fingerprint density at radius 3 is 1.60 bits per heavy atom. The van der Waals surface area contributed by atoms with Gasteiger partial charge in [0.05, 0.1) is 0 Å². The molecule has 3 heterocycles. The standard InChI is InChI=1S/C58H53BN2SSi/c1-37(2)40-32-45(38(3)4)58(46(33-40)39(5)6)59-48-24-14-15-25-50(48)60(41-20-10-8-11-21-41)53-35-47-44-31-30-42(34-54(44)62-55(47)36-49(53)59)61-51-26-16-18-28-56(51)63(7,43-22-12-9-13-23-43)57-29-19-17-27-52(57)61/h8-39H,1-7H3. The topological polar surface area (TPSA) is 6.48 Å². The number of hydrogen-bond donors (Lipinski definition) is 0. The van der Waals surface area contributed by atoms with Crippen LogP contribution in [0.4, 0.5) is 34.1 Å². The second-order valence-corrected chi connectivity index (χ2v) is 23.8. The largest absolute Gasteiger partial charge is 0.311 e. The molecular formula is C58H53BN2SSi. The smallest absolute Gasteiger partial charge is 0.247 e. The lowest BCUT2D eigenvalue weighted by Crippen LogP contribution is -2.68. The summed E-state index contributed by atoms with van der Waals surface area (Å²) in [6.45, 7) is 16.8. The van der Waals surface area contributed by atoms with Crippen LogP contribution in [0, 0.1) is 0 Å². The molecule has 0 fully saturated rings. The van der Waals surface area contributed by atoms with E-state index in [4.69, 9.17) is 0 Å². The number of rotatable bonds is 7. The molecular weight excluding hydrogens is 796 g/mol. The van der Waals surface area contributed by atoms with Crippen LogP contribution in [0.15, 0.2) is 176 Å². The lowest BCUT2D eigenvalue weighted by Gasteiger charge is -2.43. The molecule has 0 atom stereocenters. The maximum atomic E-state index is 2.57. The second kappa shape index (κ2) is 15.3. The number of hydrogen-bond acceptors (Lipinski definition) is 3. The third kappa shape index (κ3) is 6.19. The van der Waals surface area contributed by atoms with Gasteiger partial charge >= 0.3 is 0 Å². The van der Waals surface area contributed by atoms with Gasteiger partial charge in [-0.05, 0) is 116 Å². The van der Waals surface area contributed by atoms with Gasteiger partial charge in [0, 0.05) is 54.3 Å². The van der Waals surface area contributed by atoms with E-state index in [9.17, 15) is 0 Å². The molecule has 8 aromatic carbocycles. The summed E-state index contributed by atoms with van der Waals surface area (Å²) in [6.07, 6.45) is 0. The van der Waals surface area contributed by atoms with Crippen LogP contribution in [-0.2, 0) is 0 Å². The van der Waals surface area contributed by atoms with Crippen LogP contribution < -0.4 is 41.7 Å². The molecule has 0 N–H and O–H groups in total. The van der Waals surface area contributed by atoms with Gasteiger partial charge in [-0.3, -0.25) is 0 Å². The number of anilines is 6. The molecule has 0 amide bonds. The number of benzene rings is 8. The zero-order valence-electron chi connectivity index (χ0n) is 37.4. The Hall–Kier alpha value is -6.14. The lowest BCUT2D eigenvalue weighted by molar-refractivity contribution is 0.812. The van der Waals surface area contributed by atoms with Gasteiger partial charge in [-0.25, -0.2) is 0 Å². The van der Waals surface area contributed by atoms with Gasteiger partial charge in [0.2, 0.25) is 6.71 Å². The average Bonchev–Trinajstić information content (AvgIpc) is 3.67. The monoisotopic (exact) mass is 848 g/mol. The van der Waals surface area contributed by atoms with E-state index in [0.717, 1.165) is 0 Å². The SMILES string of the molecule is CC(C)c1cc(C(C)C)c(B2c3ccccc3N(c3ccccc3)c3cc4c(cc32)sc2cc(N3c5ccccc5[Si](C)(c5ccccc5)c5ccccc53)ccc24)c(C(C)C)c1. The van der Waals surface area contributed by atoms with Gasteiger partial charge in [-0.15, -0.1) is 11.3 Å². The highest BCUT2D eigenvalue weighted by Gasteiger charge is 2.44. The van der Waals surface area contributed by atoms with Crippen LogP contribution in [0.5, 0.6) is 0 Å². The Morgan fingerprint density at radius 2 is 0.984 bits per heavy atom. The van der Waals surface area contributed by atoms with Crippen LogP contribution in [0.1, 0.15) is 76.0 Å². The van der Waals surface area contributed by atoms with E-state index in [-0.39, 0.29) is 6.71 Å². The van der Waals surface area contributed by atoms with Crippen molar-refractivity contribution in [2.75, 3.05) is 9.80 Å². The first-order chi connectivity index (χ1) is 30.6. The first-order valence-corrected chi connectivity index (χ1v) is 26.1. The van der Waals surface area contributed by atoms with Crippen molar-refractivity contribution in [1.29, 1.82) is 0 Å². The van der Waals surface area contributed by atoms with Crippen molar-refractivity contribution >= 4 is 112 Å². The molecule has 0 saturated carbocycles. The fraction of sp³-hybridized carbons (Fsp3) is 0.172. The fourth-order valence-electron chi connectivity index (χ4n) is 10.9. The van der Waals surface area contributed by atoms with E-state index >= 15 is 0 Å². The minimum Gasteiger partial charge on any atom is -0.311 e. The van der Waals surface area contributed by atoms with Gasteiger partial charge in [0.1, 0.15) is 0 Å². The molecule has 2 aliphatic rings. The van der Waals surface area contributed by atoms with E-state index in [1.165, 1.54) is 103 Å². The highest BCUT2D eigenvalue weighted by Crippen LogP contribution is 2.45. The lowest BCUT2D eigenvalue weighted by atomic mass is 9.33. The van der Waals surface area contributed by atoms with Gasteiger partial charge in [-0.2, -0.15) is 0 Å². The van der Waals surface area contributed by atoms with Crippen LogP contribution in [-0.4, -0.2) is 14.8 Å². The molecule has 9 aromatic rings. The molecule has 0 spiro atoms. The molecule has 308 valence electrons. The third-order valence-electron chi connectivity index (χ3n) is 14.1. The van der Waals surface area contributed by atoms with Gasteiger partial charge in [0.15, 0.2) is 8.07 Å². The van der Waals surface area contributed by atoms with Gasteiger partial charge < -0.3 is 9.80 Å². The summed E-state index contributed by atoms with van der Waals surface area (Å²) >= 11 is 1.94. The van der Waals surface area contributed by atoms with E-state index in [1.807, 2.05) is 11.3 Å². The molecule has 2 aliphatic heterocycles. The number of thiophene rings is 1. The summed E-state index contributed by atoms with van der Waals surface area (Å²) in [4.78, 5) is 5.06. The maximum absolute atomic E-state index is 2.57. The van der Waals surface area contributed by atoms with Crippen molar-refractivity contribution < 1.29 is 0 Å². The Balaban J connectivity index is 1.15. The summed E-state index contributed by atoms with van der Waals surface area (Å²) < 4.78 is 2.64. The molecule has 0 saturated heterocycles. The van der Waals surface area contributed by atoms with E-state index in [2.05, 4.69) is 234 Å². The number of para-hydroxylation sites is 4. The Morgan fingerprint density at radius 1 is 0.444 bits per heavy atom. The Kier molecular flexibility index (Phi) is 9.63. The van der Waals surface area contributed by atoms with Crippen molar-refractivity contribution in [3.8, 4) is 0 Å². The summed E-state index contributed by atoms with van der Waals surface area (Å²) in [7, 11) is -2.30. The predicted molar refractivity (Wildman–Crippen MR) is 279 cm³/mol. The van der Waals surface area contributed by atoms with E-state index in [1.54, 1.807) is 0 Å². The van der Waals surface area contributed by atoms with Crippen LogP contribution in [0.2, 0.25) is 6.55 Å². The molecule has 0 unspecified atom stereocenters. The fourth-order valence-corrected chi connectivity index (χ4v) is 16.2. The first-order valence-electron chi connectivity index (χ1n) is 22.8. The Labute approximate surface area is 378 Å². The number of fused-ring (bicyclic) bond motifs is 7. The van der Waals surface area contributed by atoms with Crippen molar-refractivity contribution in [2.45, 2.75) is 65.8 Å². The van der Waals surface area contributed by atoms with Crippen LogP contribution in [0.3, 0.4) is 0 Å². The van der Waals surface area contributed by atoms with Crippen molar-refractivity contribution in [3.63, 3.8) is 0 Å². The molecule has 0 aliphatic carbocycles. The minimum absolute atomic E-state index is 0.0850. The molecule has 63 heavy (non-hydrogen) atoms. The molecule has 2 nitrogen and oxygen atoms in total. The summed E-state index contributed by atoms with van der Waals surface area (Å²) in [5.74, 6) is 1.21. The second-order valence-electron chi connectivity index (χ2n) is 18.8. The van der Waals surface area contributed by atoms with Gasteiger partial charge in [0.25, 0.3) is 0 Å². The van der Waals surface area contributed by atoms with Crippen LogP contribution >= 0.6 is 11.3 Å². The highest BCUT2D eigenvalue weighted by molar-refractivity contribution is 7.26. The zero-order valence-corrected chi connectivity index (χ0v) is 39.2. The molecule has 11 rings (SSSR count). The van der Waals surface area contributed by atoms with Crippen molar-refractivity contribution in [3.05, 3.63) is 193 Å². The molecule has 5 heteroatoms. The summed E-state index contributed by atoms with van der Waals surface area (Å²) in [5.41, 5.74) is 16.1. The van der Waals surface area contributed by atoms with Crippen LogP contribution in [0.25, 0.3) is 20.2 Å². The quantitative estimate of drug-likeness (QED) is 0.147. The van der Waals surface area contributed by atoms with Crippen molar-refractivity contribution in [1.82, 2.24) is 0 Å². The summed E-state index contributed by atoms with van der Waals surface area (Å²) in [6, 6.07) is 67.1. The molecule has 0 radical (unpaired) electrons. The Bertz CT molecular complexity index is 3130. The van der Waals surface area contributed by atoms with Gasteiger partial charge in [-0.1, -0.05) is 175 Å². The zero-order chi connectivity index (χ0) is 43.1. The number of nitrogens with zero attached hydrogens (tertiary/aromatic N) is 2. The molecule has 1 aromatic heterocycles. The average molecular weight is 849 g/mol. The van der Waals surface area contributed by atoms with Crippen molar-refractivity contribution in [2.24, 2.45) is 0 Å². The molecule has 0 bridgehead atoms. The van der Waals surface area contributed by atoms with E-state index in [0.29, 0.717) is 17.8 Å². The van der Waals surface area contributed by atoms with E-state index < -0.39 is 8.07 Å². The predicted octanol–water partition coefficient (Wildman–Crippen LogP) is 12.6. The first kappa shape index (κ1) is 39.7. The minimum atomic E-state index is -2.30. The third-order valence-corrected chi connectivity index (χ3v) is 19.7. The summed E-state index contributed by atoms with van der Waals surface area (Å²) in [5, 5.41) is 6.96.